The number of phosphoric ester groups is 1. The minimum atomic E-state index is -4.60. The van der Waals surface area contributed by atoms with E-state index >= 15 is 0 Å². The second kappa shape index (κ2) is 43.9. The summed E-state index contributed by atoms with van der Waals surface area (Å²) in [5.41, 5.74) is 0. The maximum Gasteiger partial charge on any atom is 0.268 e. The fourth-order valence-electron chi connectivity index (χ4n) is 7.49. The lowest BCUT2D eigenvalue weighted by atomic mass is 10.0. The van der Waals surface area contributed by atoms with Gasteiger partial charge in [0.1, 0.15) is 13.2 Å². The largest absolute Gasteiger partial charge is 0.756 e. The molecule has 0 saturated heterocycles. The van der Waals surface area contributed by atoms with Crippen LogP contribution < -0.4 is 10.2 Å². The van der Waals surface area contributed by atoms with E-state index in [1.54, 1.807) is 6.08 Å². The van der Waals surface area contributed by atoms with Gasteiger partial charge in [-0.3, -0.25) is 9.36 Å². The Kier molecular flexibility index (Phi) is 43.0. The summed E-state index contributed by atoms with van der Waals surface area (Å²) in [4.78, 5) is 25.3. The molecule has 9 heteroatoms. The number of allylic oxidation sites excluding steroid dienone is 5. The number of aliphatic hydroxyl groups is 1. The summed E-state index contributed by atoms with van der Waals surface area (Å²) < 4.78 is 23.2. The molecule has 3 atom stereocenters. The van der Waals surface area contributed by atoms with Crippen molar-refractivity contribution in [1.29, 1.82) is 0 Å². The minimum absolute atomic E-state index is 0.00798. The average molecular weight is 881 g/mol. The van der Waals surface area contributed by atoms with E-state index < -0.39 is 26.6 Å². The third-order valence-electron chi connectivity index (χ3n) is 11.6. The normalized spacial score (nSPS) is 14.4. The molecule has 0 spiro atoms. The molecule has 3 unspecified atom stereocenters. The van der Waals surface area contributed by atoms with E-state index in [9.17, 15) is 19.4 Å². The molecule has 0 aromatic rings. The first-order valence-electron chi connectivity index (χ1n) is 25.9. The molecule has 0 aromatic carbocycles. The number of unbranched alkanes of at least 4 members (excludes halogenated alkanes) is 30. The summed E-state index contributed by atoms with van der Waals surface area (Å²) in [6, 6.07) is -0.905. The van der Waals surface area contributed by atoms with Crippen LogP contribution in [0.4, 0.5) is 0 Å². The topological polar surface area (TPSA) is 108 Å². The van der Waals surface area contributed by atoms with Crippen molar-refractivity contribution < 1.29 is 32.9 Å². The SMILES string of the molecule is CCC/C=C/CC/C=C/CC/C=C/C(O)C(COP(=O)([O-])OCC[N+](C)(C)C)NC(=O)CCCCCCCCCCCCCCCCCCCCCCCCCCCCCC. The van der Waals surface area contributed by atoms with Crippen LogP contribution in [-0.4, -0.2) is 68.5 Å². The van der Waals surface area contributed by atoms with Crippen molar-refractivity contribution in [3.8, 4) is 0 Å². The Morgan fingerprint density at radius 1 is 0.557 bits per heavy atom. The van der Waals surface area contributed by atoms with Gasteiger partial charge in [-0.1, -0.05) is 230 Å². The Morgan fingerprint density at radius 2 is 0.918 bits per heavy atom. The molecule has 8 nitrogen and oxygen atoms in total. The molecule has 0 aliphatic carbocycles. The zero-order valence-corrected chi connectivity index (χ0v) is 41.8. The summed E-state index contributed by atoms with van der Waals surface area (Å²) in [7, 11) is 1.24. The summed E-state index contributed by atoms with van der Waals surface area (Å²) >= 11 is 0. The van der Waals surface area contributed by atoms with Gasteiger partial charge >= 0.3 is 0 Å². The van der Waals surface area contributed by atoms with Crippen molar-refractivity contribution in [2.45, 2.75) is 251 Å². The van der Waals surface area contributed by atoms with Crippen molar-refractivity contribution in [1.82, 2.24) is 5.32 Å². The molecule has 1 amide bonds. The zero-order chi connectivity index (χ0) is 45.0. The van der Waals surface area contributed by atoms with E-state index in [1.165, 1.54) is 167 Å². The van der Waals surface area contributed by atoms with Crippen LogP contribution in [0.5, 0.6) is 0 Å². The Morgan fingerprint density at radius 3 is 1.30 bits per heavy atom. The van der Waals surface area contributed by atoms with Gasteiger partial charge < -0.3 is 28.8 Å². The summed E-state index contributed by atoms with van der Waals surface area (Å²) in [5.74, 6) is -0.210. The van der Waals surface area contributed by atoms with Crippen molar-refractivity contribution in [2.24, 2.45) is 0 Å². The second-order valence-corrected chi connectivity index (χ2v) is 20.3. The van der Waals surface area contributed by atoms with E-state index in [4.69, 9.17) is 9.05 Å². The fourth-order valence-corrected chi connectivity index (χ4v) is 8.21. The quantitative estimate of drug-likeness (QED) is 0.0273. The molecule has 0 fully saturated rings. The lowest BCUT2D eigenvalue weighted by Gasteiger charge is -2.29. The van der Waals surface area contributed by atoms with Gasteiger partial charge in [-0.05, 0) is 38.5 Å². The maximum atomic E-state index is 12.9. The lowest BCUT2D eigenvalue weighted by molar-refractivity contribution is -0.870. The number of hydrogen-bond donors (Lipinski definition) is 2. The van der Waals surface area contributed by atoms with Crippen LogP contribution in [0.3, 0.4) is 0 Å². The molecule has 61 heavy (non-hydrogen) atoms. The van der Waals surface area contributed by atoms with E-state index in [1.807, 2.05) is 27.2 Å². The number of nitrogens with zero attached hydrogens (tertiary/aromatic N) is 1. The van der Waals surface area contributed by atoms with Gasteiger partial charge in [0.2, 0.25) is 5.91 Å². The summed E-state index contributed by atoms with van der Waals surface area (Å²) in [6.07, 6.45) is 55.2. The first-order chi connectivity index (χ1) is 29.5. The van der Waals surface area contributed by atoms with E-state index in [0.29, 0.717) is 17.4 Å². The van der Waals surface area contributed by atoms with Gasteiger partial charge in [-0.2, -0.15) is 0 Å². The number of quaternary nitrogens is 1. The molecule has 0 aromatic heterocycles. The molecule has 360 valence electrons. The third kappa shape index (κ3) is 46.5. The van der Waals surface area contributed by atoms with Crippen LogP contribution in [0, 0.1) is 0 Å². The standard InChI is InChI=1S/C52H101N2O6P/c1-6-8-10-12-14-16-18-19-20-21-22-23-24-25-26-27-28-29-30-31-32-33-34-36-38-40-42-44-46-52(56)53-50(49-60-61(57,58)59-48-47-54(3,4)5)51(55)45-43-41-39-37-35-17-15-13-11-9-7-2/h11,13,35,37,43,45,50-51,55H,6-10,12,14-34,36,38-42,44,46-49H2,1-5H3,(H-,53,56,57,58)/b13-11+,37-35+,45-43+. The van der Waals surface area contributed by atoms with Crippen LogP contribution in [-0.2, 0) is 18.4 Å². The van der Waals surface area contributed by atoms with Crippen molar-refractivity contribution >= 4 is 13.7 Å². The molecule has 0 rings (SSSR count). The molecule has 2 N–H and O–H groups in total. The molecular weight excluding hydrogens is 780 g/mol. The van der Waals surface area contributed by atoms with Gasteiger partial charge in [-0.25, -0.2) is 0 Å². The smallest absolute Gasteiger partial charge is 0.268 e. The van der Waals surface area contributed by atoms with Gasteiger partial charge in [-0.15, -0.1) is 0 Å². The fraction of sp³-hybridized carbons (Fsp3) is 0.865. The minimum Gasteiger partial charge on any atom is -0.756 e. The summed E-state index contributed by atoms with van der Waals surface area (Å²) in [5, 5.41) is 13.7. The van der Waals surface area contributed by atoms with Crippen LogP contribution in [0.2, 0.25) is 0 Å². The highest BCUT2D eigenvalue weighted by Gasteiger charge is 2.23. The van der Waals surface area contributed by atoms with Crippen molar-refractivity contribution in [3.05, 3.63) is 36.5 Å². The second-order valence-electron chi connectivity index (χ2n) is 18.9. The van der Waals surface area contributed by atoms with Gasteiger partial charge in [0.25, 0.3) is 7.82 Å². The highest BCUT2D eigenvalue weighted by Crippen LogP contribution is 2.38. The highest BCUT2D eigenvalue weighted by molar-refractivity contribution is 7.45. The molecule has 0 saturated carbocycles. The average Bonchev–Trinajstić information content (AvgIpc) is 3.21. The Balaban J connectivity index is 4.07. The van der Waals surface area contributed by atoms with Crippen LogP contribution in [0.25, 0.3) is 0 Å². The van der Waals surface area contributed by atoms with E-state index in [0.717, 1.165) is 51.4 Å². The van der Waals surface area contributed by atoms with Crippen molar-refractivity contribution in [2.75, 3.05) is 40.9 Å². The molecule has 0 aliphatic heterocycles. The third-order valence-corrected chi connectivity index (χ3v) is 12.5. The van der Waals surface area contributed by atoms with Gasteiger partial charge in [0, 0.05) is 6.42 Å². The Bertz CT molecular complexity index is 1090. The molecule has 0 radical (unpaired) electrons. The molecular formula is C52H101N2O6P. The number of carbonyl (C=O) groups is 1. The number of carbonyl (C=O) groups excluding carboxylic acids is 1. The van der Waals surface area contributed by atoms with Crippen LogP contribution in [0.1, 0.15) is 239 Å². The first kappa shape index (κ1) is 59.7. The number of amides is 1. The van der Waals surface area contributed by atoms with Gasteiger partial charge in [0.05, 0.1) is 39.9 Å². The number of rotatable bonds is 47. The molecule has 0 heterocycles. The molecule has 0 aliphatic rings. The van der Waals surface area contributed by atoms with Gasteiger partial charge in [0.15, 0.2) is 0 Å². The Labute approximate surface area is 378 Å². The maximum absolute atomic E-state index is 12.9. The van der Waals surface area contributed by atoms with Crippen molar-refractivity contribution in [3.63, 3.8) is 0 Å². The predicted molar refractivity (Wildman–Crippen MR) is 261 cm³/mol. The lowest BCUT2D eigenvalue weighted by Crippen LogP contribution is -2.45. The zero-order valence-electron chi connectivity index (χ0n) is 40.9. The highest BCUT2D eigenvalue weighted by atomic mass is 31.2. The number of hydrogen-bond acceptors (Lipinski definition) is 6. The number of phosphoric acid groups is 1. The first-order valence-corrected chi connectivity index (χ1v) is 27.3. The van der Waals surface area contributed by atoms with Crippen LogP contribution in [0.15, 0.2) is 36.5 Å². The number of nitrogens with one attached hydrogen (secondary N) is 1. The van der Waals surface area contributed by atoms with E-state index in [2.05, 4.69) is 43.5 Å². The van der Waals surface area contributed by atoms with Crippen LogP contribution >= 0.6 is 7.82 Å². The molecule has 0 bridgehead atoms. The monoisotopic (exact) mass is 881 g/mol. The summed E-state index contributed by atoms with van der Waals surface area (Å²) in [6.45, 7) is 4.56. The number of aliphatic hydroxyl groups excluding tert-OH is 1. The van der Waals surface area contributed by atoms with E-state index in [-0.39, 0.29) is 12.5 Å². The Hall–Kier alpha value is -1.28. The number of likely N-dealkylation sites (N-methyl/N-ethyl adjacent to an activating group) is 1. The predicted octanol–water partition coefficient (Wildman–Crippen LogP) is 14.4.